The van der Waals surface area contributed by atoms with Gasteiger partial charge in [0.25, 0.3) is 5.70 Å². The summed E-state index contributed by atoms with van der Waals surface area (Å²) in [6, 6.07) is 0. The van der Waals surface area contributed by atoms with Gasteiger partial charge in [0.1, 0.15) is 5.76 Å². The highest BCUT2D eigenvalue weighted by atomic mass is 32.2. The summed E-state index contributed by atoms with van der Waals surface area (Å²) in [6.45, 7) is 8.74. The zero-order chi connectivity index (χ0) is 17.0. The summed E-state index contributed by atoms with van der Waals surface area (Å²) in [5.41, 5.74) is -0.644. The number of thiocarbonyl (C=S) groups is 1. The first kappa shape index (κ1) is 20.1. The third-order valence-electron chi connectivity index (χ3n) is 2.17. The van der Waals surface area contributed by atoms with E-state index in [-0.39, 0.29) is 30.3 Å². The van der Waals surface area contributed by atoms with Gasteiger partial charge in [0.05, 0.1) is 31.1 Å². The number of ether oxygens (including phenoxy) is 2. The fourth-order valence-electron chi connectivity index (χ4n) is 1.23. The molecule has 0 atom stereocenters. The minimum atomic E-state index is -0.862. The van der Waals surface area contributed by atoms with Gasteiger partial charge < -0.3 is 14.6 Å². The van der Waals surface area contributed by atoms with Crippen LogP contribution in [0, 0.1) is 6.57 Å². The Morgan fingerprint density at radius 2 is 2.05 bits per heavy atom. The molecule has 0 aliphatic heterocycles. The summed E-state index contributed by atoms with van der Waals surface area (Å²) < 4.78 is 9.65. The number of hydrogen-bond donors (Lipinski definition) is 1. The molecule has 0 heterocycles. The molecule has 8 heteroatoms. The van der Waals surface area contributed by atoms with Crippen LogP contribution in [-0.2, 0) is 19.1 Å². The van der Waals surface area contributed by atoms with E-state index in [0.29, 0.717) is 6.42 Å². The molecule has 0 saturated heterocycles. The lowest BCUT2D eigenvalue weighted by Crippen LogP contribution is -2.13. The van der Waals surface area contributed by atoms with Gasteiger partial charge in [0, 0.05) is 6.42 Å². The molecule has 0 rings (SSSR count). The van der Waals surface area contributed by atoms with E-state index in [1.54, 1.807) is 13.2 Å². The van der Waals surface area contributed by atoms with Crippen LogP contribution in [0.15, 0.2) is 23.1 Å². The molecule has 0 aliphatic carbocycles. The van der Waals surface area contributed by atoms with Crippen LogP contribution in [0.3, 0.4) is 0 Å². The number of nitrogens with zero attached hydrogens (tertiary/aromatic N) is 1. The zero-order valence-electron chi connectivity index (χ0n) is 12.3. The van der Waals surface area contributed by atoms with Crippen LogP contribution < -0.4 is 0 Å². The number of carbonyl (C=O) groups excluding carboxylic acids is 2. The van der Waals surface area contributed by atoms with Crippen molar-refractivity contribution < 1.29 is 24.2 Å². The number of esters is 2. The monoisotopic (exact) mass is 343 g/mol. The van der Waals surface area contributed by atoms with Crippen LogP contribution in [0.2, 0.25) is 0 Å². The number of hydrogen-bond acceptors (Lipinski definition) is 7. The maximum atomic E-state index is 12.0. The molecule has 0 aromatic heterocycles. The number of aliphatic hydroxyl groups excluding tert-OH is 1. The van der Waals surface area contributed by atoms with Crippen molar-refractivity contribution in [1.29, 1.82) is 0 Å². The van der Waals surface area contributed by atoms with Gasteiger partial charge in [-0.2, -0.15) is 11.8 Å². The normalized spacial score (nSPS) is 12.0. The van der Waals surface area contributed by atoms with Crippen molar-refractivity contribution in [2.24, 2.45) is 0 Å². The summed E-state index contributed by atoms with van der Waals surface area (Å²) in [6.07, 6.45) is 3.10. The largest absolute Gasteiger partial charge is 0.511 e. The van der Waals surface area contributed by atoms with Crippen molar-refractivity contribution in [2.75, 3.05) is 25.2 Å². The Kier molecular flexibility index (Phi) is 10.8. The molecular formula is C14H17NO5S2. The van der Waals surface area contributed by atoms with Crippen molar-refractivity contribution in [1.82, 2.24) is 0 Å². The van der Waals surface area contributed by atoms with Crippen molar-refractivity contribution in [2.45, 2.75) is 13.3 Å². The Bertz CT molecular complexity index is 520. The Morgan fingerprint density at radius 1 is 1.36 bits per heavy atom. The number of thioether (sulfide) groups is 1. The maximum absolute atomic E-state index is 12.0. The van der Waals surface area contributed by atoms with Crippen LogP contribution in [0.4, 0.5) is 0 Å². The molecule has 0 aromatic rings. The summed E-state index contributed by atoms with van der Waals surface area (Å²) >= 11 is 5.90. The molecule has 0 unspecified atom stereocenters. The zero-order valence-corrected chi connectivity index (χ0v) is 14.0. The molecule has 0 fully saturated rings. The second kappa shape index (κ2) is 11.8. The molecule has 22 heavy (non-hydrogen) atoms. The minimum Gasteiger partial charge on any atom is -0.511 e. The smallest absolute Gasteiger partial charge is 0.340 e. The fourth-order valence-corrected chi connectivity index (χ4v) is 1.76. The Balaban J connectivity index is 5.45. The van der Waals surface area contributed by atoms with E-state index in [2.05, 4.69) is 17.1 Å². The lowest BCUT2D eigenvalue weighted by molar-refractivity contribution is -0.138. The van der Waals surface area contributed by atoms with Gasteiger partial charge >= 0.3 is 11.9 Å². The van der Waals surface area contributed by atoms with E-state index in [0.717, 1.165) is 6.08 Å². The maximum Gasteiger partial charge on any atom is 0.340 e. The molecule has 0 bridgehead atoms. The van der Waals surface area contributed by atoms with Crippen LogP contribution in [0.25, 0.3) is 4.85 Å². The summed E-state index contributed by atoms with van der Waals surface area (Å²) in [7, 11) is 0. The molecule has 0 spiro atoms. The molecule has 120 valence electrons. The van der Waals surface area contributed by atoms with E-state index in [4.69, 9.17) is 16.0 Å². The van der Waals surface area contributed by atoms with Crippen molar-refractivity contribution in [3.05, 3.63) is 34.5 Å². The number of rotatable bonds is 9. The summed E-state index contributed by atoms with van der Waals surface area (Å²) in [5.74, 6) is -1.82. The van der Waals surface area contributed by atoms with E-state index in [1.807, 2.05) is 0 Å². The molecule has 6 nitrogen and oxygen atoms in total. The molecular weight excluding hydrogens is 326 g/mol. The molecule has 0 radical (unpaired) electrons. The van der Waals surface area contributed by atoms with Gasteiger partial charge in [-0.25, -0.2) is 9.64 Å². The highest BCUT2D eigenvalue weighted by Gasteiger charge is 2.19. The third-order valence-corrected chi connectivity index (χ3v) is 2.96. The minimum absolute atomic E-state index is 0.0545. The van der Waals surface area contributed by atoms with Crippen LogP contribution in [-0.4, -0.2) is 47.6 Å². The third kappa shape index (κ3) is 7.24. The highest BCUT2D eigenvalue weighted by molar-refractivity contribution is 7.98. The summed E-state index contributed by atoms with van der Waals surface area (Å²) in [5, 5.41) is 11.3. The Hall–Kier alpha value is -1.85. The van der Waals surface area contributed by atoms with Crippen LogP contribution in [0.1, 0.15) is 13.3 Å². The van der Waals surface area contributed by atoms with Crippen LogP contribution in [0.5, 0.6) is 0 Å². The van der Waals surface area contributed by atoms with E-state index in [1.165, 1.54) is 17.1 Å². The fraction of sp³-hybridized carbons (Fsp3) is 0.429. The first-order chi connectivity index (χ1) is 10.5. The van der Waals surface area contributed by atoms with Crippen LogP contribution >= 0.6 is 24.0 Å². The van der Waals surface area contributed by atoms with Gasteiger partial charge in [0.2, 0.25) is 0 Å². The molecule has 0 saturated carbocycles. The SMILES string of the molecule is [C-]#[N+]/C(=C\C(C(=O)OCCC=S)=C(\O)CSC)C(=O)OCC. The van der Waals surface area contributed by atoms with Crippen molar-refractivity contribution >= 4 is 41.3 Å². The van der Waals surface area contributed by atoms with Gasteiger partial charge in [-0.05, 0) is 24.6 Å². The van der Waals surface area contributed by atoms with Crippen molar-refractivity contribution in [3.63, 3.8) is 0 Å². The second-order valence-electron chi connectivity index (χ2n) is 3.75. The second-order valence-corrected chi connectivity index (χ2v) is 4.95. The first-order valence-corrected chi connectivity index (χ1v) is 8.16. The predicted octanol–water partition coefficient (Wildman–Crippen LogP) is 2.46. The average molecular weight is 343 g/mol. The lowest BCUT2D eigenvalue weighted by Gasteiger charge is -2.08. The molecule has 1 N–H and O–H groups in total. The topological polar surface area (TPSA) is 77.2 Å². The number of aliphatic hydroxyl groups is 1. The standard InChI is InChI=1S/C14H17NO5S2/c1-4-19-14(18)11(15-2)8-10(12(16)9-22-3)13(17)20-6-5-7-21/h7-8,16H,4-6,9H2,1,3H3/b11-8-,12-10-. The van der Waals surface area contributed by atoms with E-state index in [9.17, 15) is 14.7 Å². The van der Waals surface area contributed by atoms with Gasteiger partial charge in [-0.15, -0.1) is 0 Å². The van der Waals surface area contributed by atoms with Gasteiger partial charge in [-0.1, -0.05) is 12.2 Å². The van der Waals surface area contributed by atoms with E-state index >= 15 is 0 Å². The molecule has 0 amide bonds. The first-order valence-electron chi connectivity index (χ1n) is 6.29. The quantitative estimate of drug-likeness (QED) is 0.131. The average Bonchev–Trinajstić information content (AvgIpc) is 2.48. The van der Waals surface area contributed by atoms with Crippen molar-refractivity contribution in [3.8, 4) is 0 Å². The van der Waals surface area contributed by atoms with E-state index < -0.39 is 17.6 Å². The Morgan fingerprint density at radius 3 is 2.55 bits per heavy atom. The lowest BCUT2D eigenvalue weighted by atomic mass is 10.2. The Labute approximate surface area is 139 Å². The number of carbonyl (C=O) groups is 2. The summed E-state index contributed by atoms with van der Waals surface area (Å²) in [4.78, 5) is 26.6. The highest BCUT2D eigenvalue weighted by Crippen LogP contribution is 2.15. The predicted molar refractivity (Wildman–Crippen MR) is 88.6 cm³/mol. The molecule has 0 aliphatic rings. The molecule has 0 aromatic carbocycles. The van der Waals surface area contributed by atoms with Gasteiger partial charge in [0.15, 0.2) is 0 Å². The van der Waals surface area contributed by atoms with Gasteiger partial charge in [-0.3, -0.25) is 4.79 Å².